The van der Waals surface area contributed by atoms with Gasteiger partial charge in [-0.1, -0.05) is 12.8 Å². The summed E-state index contributed by atoms with van der Waals surface area (Å²) in [6.07, 6.45) is 9.87. The lowest BCUT2D eigenvalue weighted by atomic mass is 9.82. The van der Waals surface area contributed by atoms with Crippen LogP contribution in [0.15, 0.2) is 0 Å². The highest BCUT2D eigenvalue weighted by molar-refractivity contribution is 4.90. The van der Waals surface area contributed by atoms with Gasteiger partial charge in [-0.2, -0.15) is 0 Å². The van der Waals surface area contributed by atoms with Gasteiger partial charge in [-0.15, -0.1) is 0 Å². The van der Waals surface area contributed by atoms with E-state index in [1.165, 1.54) is 51.7 Å². The van der Waals surface area contributed by atoms with Crippen LogP contribution in [0.1, 0.15) is 86.5 Å². The molecule has 2 saturated heterocycles. The fourth-order valence-electron chi connectivity index (χ4n) is 7.45. The highest BCUT2D eigenvalue weighted by atomic mass is 15.4. The van der Waals surface area contributed by atoms with Gasteiger partial charge in [-0.05, 0) is 99.6 Å². The van der Waals surface area contributed by atoms with Gasteiger partial charge in [0, 0.05) is 69.0 Å². The topological polar surface area (TPSA) is 45.8 Å². The molecule has 6 nitrogen and oxygen atoms in total. The summed E-state index contributed by atoms with van der Waals surface area (Å²) < 4.78 is 0. The molecule has 5 unspecified atom stereocenters. The summed E-state index contributed by atoms with van der Waals surface area (Å²) in [6.45, 7) is 22.4. The number of hydrogen-bond acceptors (Lipinski definition) is 6. The Balaban J connectivity index is 1.68. The molecule has 1 saturated carbocycles. The van der Waals surface area contributed by atoms with E-state index in [9.17, 15) is 0 Å². The molecule has 5 atom stereocenters. The number of rotatable bonds is 5. The van der Waals surface area contributed by atoms with Crippen molar-refractivity contribution in [3.8, 4) is 0 Å². The van der Waals surface area contributed by atoms with Crippen molar-refractivity contribution in [3.63, 3.8) is 0 Å². The normalized spacial score (nSPS) is 34.9. The molecule has 35 heavy (non-hydrogen) atoms. The van der Waals surface area contributed by atoms with Crippen LogP contribution in [0.3, 0.4) is 0 Å². The quantitative estimate of drug-likeness (QED) is 0.545. The minimum atomic E-state index is 0.126. The van der Waals surface area contributed by atoms with Gasteiger partial charge >= 0.3 is 0 Å². The summed E-state index contributed by atoms with van der Waals surface area (Å²) in [5, 5.41) is 11.5. The molecule has 3 N–H and O–H groups in total. The minimum Gasteiger partial charge on any atom is -0.313 e. The van der Waals surface area contributed by atoms with Crippen molar-refractivity contribution < 1.29 is 0 Å². The first kappa shape index (κ1) is 29.3. The van der Waals surface area contributed by atoms with E-state index in [4.69, 9.17) is 0 Å². The van der Waals surface area contributed by atoms with Crippen molar-refractivity contribution in [2.75, 3.05) is 59.9 Å². The second-order valence-corrected chi connectivity index (χ2v) is 13.8. The molecular weight excluding hydrogens is 432 g/mol. The van der Waals surface area contributed by atoms with Gasteiger partial charge in [0.15, 0.2) is 0 Å². The van der Waals surface area contributed by atoms with Gasteiger partial charge in [-0.25, -0.2) is 0 Å². The molecule has 2 aliphatic heterocycles. The lowest BCUT2D eigenvalue weighted by molar-refractivity contribution is 0.0221. The fraction of sp³-hybridized carbons (Fsp3) is 1.00. The van der Waals surface area contributed by atoms with Crippen LogP contribution < -0.4 is 16.0 Å². The van der Waals surface area contributed by atoms with Crippen LogP contribution in [0.2, 0.25) is 0 Å². The van der Waals surface area contributed by atoms with Crippen molar-refractivity contribution in [2.45, 2.75) is 116 Å². The molecule has 0 radical (unpaired) electrons. The third kappa shape index (κ3) is 9.22. The fourth-order valence-corrected chi connectivity index (χ4v) is 7.45. The highest BCUT2D eigenvalue weighted by Crippen LogP contribution is 2.36. The molecule has 6 heteroatoms. The molecular formula is C29H60N6. The van der Waals surface area contributed by atoms with Crippen LogP contribution in [0.25, 0.3) is 0 Å². The van der Waals surface area contributed by atoms with Gasteiger partial charge in [0.1, 0.15) is 0 Å². The van der Waals surface area contributed by atoms with E-state index in [1.807, 2.05) is 0 Å². The SMILES string of the molecule is CC1CC(C)(C)NCCN(C(CCN2CC3CCCCC3C2)N(C)C)C(C)CC(C)(C)NCCN1. The number of nitrogens with one attached hydrogen (secondary N) is 3. The molecule has 0 spiro atoms. The van der Waals surface area contributed by atoms with Crippen LogP contribution in [0.5, 0.6) is 0 Å². The monoisotopic (exact) mass is 492 g/mol. The Morgan fingerprint density at radius 3 is 2.09 bits per heavy atom. The standard InChI is InChI=1S/C29H60N6/c1-23-19-28(3,4)32-16-18-35(24(2)20-29(5,6)31-15-14-30-23)27(33(7)8)13-17-34-21-25-11-9-10-12-26(25)22-34/h23-27,30-32H,9-22H2,1-8H3. The highest BCUT2D eigenvalue weighted by Gasteiger charge is 2.35. The Morgan fingerprint density at radius 1 is 0.857 bits per heavy atom. The molecule has 3 aliphatic rings. The van der Waals surface area contributed by atoms with E-state index in [0.29, 0.717) is 18.2 Å². The predicted octanol–water partition coefficient (Wildman–Crippen LogP) is 3.59. The van der Waals surface area contributed by atoms with Crippen LogP contribution in [-0.2, 0) is 0 Å². The second-order valence-electron chi connectivity index (χ2n) is 13.8. The molecule has 0 bridgehead atoms. The lowest BCUT2D eigenvalue weighted by Crippen LogP contribution is -2.57. The van der Waals surface area contributed by atoms with Gasteiger partial charge in [0.05, 0.1) is 6.17 Å². The Kier molecular flexibility index (Phi) is 10.9. The minimum absolute atomic E-state index is 0.126. The summed E-state index contributed by atoms with van der Waals surface area (Å²) in [5.41, 5.74) is 0.262. The number of nitrogens with zero attached hydrogens (tertiary/aromatic N) is 3. The third-order valence-electron chi connectivity index (χ3n) is 9.12. The molecule has 1 aliphatic carbocycles. The average Bonchev–Trinajstić information content (AvgIpc) is 3.17. The zero-order valence-electron chi connectivity index (χ0n) is 24.6. The Hall–Kier alpha value is -0.240. The van der Waals surface area contributed by atoms with E-state index >= 15 is 0 Å². The molecule has 0 aromatic heterocycles. The molecule has 3 fully saturated rings. The van der Waals surface area contributed by atoms with Crippen LogP contribution in [0.4, 0.5) is 0 Å². The molecule has 0 amide bonds. The van der Waals surface area contributed by atoms with Crippen molar-refractivity contribution in [2.24, 2.45) is 11.8 Å². The van der Waals surface area contributed by atoms with Crippen molar-refractivity contribution in [1.29, 1.82) is 0 Å². The van der Waals surface area contributed by atoms with Crippen LogP contribution >= 0.6 is 0 Å². The zero-order valence-corrected chi connectivity index (χ0v) is 24.6. The van der Waals surface area contributed by atoms with Gasteiger partial charge in [0.2, 0.25) is 0 Å². The van der Waals surface area contributed by atoms with E-state index in [1.54, 1.807) is 0 Å². The van der Waals surface area contributed by atoms with Crippen molar-refractivity contribution >= 4 is 0 Å². The second kappa shape index (κ2) is 13.0. The van der Waals surface area contributed by atoms with E-state index in [2.05, 4.69) is 86.3 Å². The summed E-state index contributed by atoms with van der Waals surface area (Å²) in [6, 6.07) is 1.03. The number of hydrogen-bond donors (Lipinski definition) is 3. The van der Waals surface area contributed by atoms with Crippen molar-refractivity contribution in [3.05, 3.63) is 0 Å². The van der Waals surface area contributed by atoms with Gasteiger partial charge in [0.25, 0.3) is 0 Å². The van der Waals surface area contributed by atoms with Gasteiger partial charge in [-0.3, -0.25) is 9.80 Å². The smallest absolute Gasteiger partial charge is 0.0632 e. The maximum absolute atomic E-state index is 3.91. The summed E-state index contributed by atoms with van der Waals surface area (Å²) >= 11 is 0. The van der Waals surface area contributed by atoms with Crippen LogP contribution in [0, 0.1) is 11.8 Å². The Bertz CT molecular complexity index is 606. The zero-order chi connectivity index (χ0) is 25.6. The maximum atomic E-state index is 3.91. The Morgan fingerprint density at radius 2 is 1.46 bits per heavy atom. The number of likely N-dealkylation sites (tertiary alicyclic amines) is 1. The predicted molar refractivity (Wildman–Crippen MR) is 151 cm³/mol. The summed E-state index contributed by atoms with van der Waals surface area (Å²) in [4.78, 5) is 8.09. The van der Waals surface area contributed by atoms with E-state index in [-0.39, 0.29) is 11.1 Å². The largest absolute Gasteiger partial charge is 0.313 e. The molecule has 0 aromatic carbocycles. The molecule has 206 valence electrons. The van der Waals surface area contributed by atoms with Crippen molar-refractivity contribution in [1.82, 2.24) is 30.7 Å². The first-order valence-electron chi connectivity index (χ1n) is 14.8. The average molecular weight is 493 g/mol. The first-order valence-corrected chi connectivity index (χ1v) is 14.8. The maximum Gasteiger partial charge on any atom is 0.0632 e. The van der Waals surface area contributed by atoms with Crippen LogP contribution in [-0.4, -0.2) is 104 Å². The number of fused-ring (bicyclic) bond motifs is 1. The van der Waals surface area contributed by atoms with E-state index in [0.717, 1.165) is 50.9 Å². The molecule has 2 heterocycles. The molecule has 3 rings (SSSR count). The Labute approximate surface area is 218 Å². The van der Waals surface area contributed by atoms with E-state index < -0.39 is 0 Å². The summed E-state index contributed by atoms with van der Waals surface area (Å²) in [5.74, 6) is 1.95. The molecule has 0 aromatic rings. The van der Waals surface area contributed by atoms with Gasteiger partial charge < -0.3 is 20.9 Å². The lowest BCUT2D eigenvalue weighted by Gasteiger charge is -2.44. The third-order valence-corrected chi connectivity index (χ3v) is 9.12. The summed E-state index contributed by atoms with van der Waals surface area (Å²) in [7, 11) is 4.58. The first-order chi connectivity index (χ1) is 16.5.